The van der Waals surface area contributed by atoms with Crippen molar-refractivity contribution in [2.75, 3.05) is 36.0 Å². The van der Waals surface area contributed by atoms with E-state index in [0.717, 1.165) is 41.0 Å². The number of furan rings is 1. The first-order valence-corrected chi connectivity index (χ1v) is 13.0. The molecule has 0 radical (unpaired) electrons. The molecule has 2 saturated heterocycles. The zero-order chi connectivity index (χ0) is 25.5. The molecule has 4 aromatic rings. The number of fused-ring (bicyclic) bond motifs is 1. The second-order valence-electron chi connectivity index (χ2n) is 10.3. The second kappa shape index (κ2) is 9.76. The maximum absolute atomic E-state index is 13.9. The van der Waals surface area contributed by atoms with Crippen LogP contribution >= 0.6 is 0 Å². The Morgan fingerprint density at radius 3 is 2.22 bits per heavy atom. The van der Waals surface area contributed by atoms with Gasteiger partial charge in [0.05, 0.1) is 11.5 Å². The van der Waals surface area contributed by atoms with Gasteiger partial charge >= 0.3 is 0 Å². The summed E-state index contributed by atoms with van der Waals surface area (Å²) in [5.41, 5.74) is 4.30. The molecule has 2 aromatic carbocycles. The molecule has 2 atom stereocenters. The minimum Gasteiger partial charge on any atom is -0.437 e. The number of piperidine rings is 1. The van der Waals surface area contributed by atoms with Gasteiger partial charge in [-0.15, -0.1) is 0 Å². The summed E-state index contributed by atoms with van der Waals surface area (Å²) in [6, 6.07) is 15.8. The fourth-order valence-corrected chi connectivity index (χ4v) is 5.69. The van der Waals surface area contributed by atoms with Gasteiger partial charge in [-0.2, -0.15) is 0 Å². The molecule has 7 nitrogen and oxygen atoms in total. The first kappa shape index (κ1) is 23.9. The van der Waals surface area contributed by atoms with Crippen LogP contribution < -0.4 is 15.1 Å². The predicted octanol–water partition coefficient (Wildman–Crippen LogP) is 4.84. The van der Waals surface area contributed by atoms with Crippen molar-refractivity contribution in [3.63, 3.8) is 0 Å². The summed E-state index contributed by atoms with van der Waals surface area (Å²) in [5, 5.41) is 14.4. The number of aliphatic hydroxyl groups excluding tert-OH is 1. The molecule has 2 fully saturated rings. The maximum atomic E-state index is 13.9. The van der Waals surface area contributed by atoms with Crippen LogP contribution in [0.1, 0.15) is 26.7 Å². The van der Waals surface area contributed by atoms with Crippen LogP contribution in [0, 0.1) is 5.82 Å². The quantitative estimate of drug-likeness (QED) is 0.414. The smallest absolute Gasteiger partial charge is 0.232 e. The number of nitrogens with one attached hydrogen (secondary N) is 1. The fourth-order valence-electron chi connectivity index (χ4n) is 5.69. The van der Waals surface area contributed by atoms with E-state index in [9.17, 15) is 9.50 Å². The summed E-state index contributed by atoms with van der Waals surface area (Å²) in [6.07, 6.45) is 2.62. The normalized spacial score (nSPS) is 21.1. The average Bonchev–Trinajstić information content (AvgIpc) is 3.29. The Morgan fingerprint density at radius 2 is 1.54 bits per heavy atom. The summed E-state index contributed by atoms with van der Waals surface area (Å²) in [7, 11) is 0. The number of aromatic nitrogens is 2. The van der Waals surface area contributed by atoms with Gasteiger partial charge in [0.25, 0.3) is 0 Å². The second-order valence-corrected chi connectivity index (χ2v) is 10.3. The van der Waals surface area contributed by atoms with E-state index in [4.69, 9.17) is 4.42 Å². The molecule has 0 aliphatic carbocycles. The third-order valence-corrected chi connectivity index (χ3v) is 7.42. The highest BCUT2D eigenvalue weighted by Gasteiger charge is 2.27. The van der Waals surface area contributed by atoms with E-state index in [1.54, 1.807) is 12.1 Å². The van der Waals surface area contributed by atoms with Crippen molar-refractivity contribution >= 4 is 22.6 Å². The van der Waals surface area contributed by atoms with Gasteiger partial charge < -0.3 is 24.6 Å². The van der Waals surface area contributed by atoms with E-state index in [1.165, 1.54) is 24.1 Å². The fraction of sp³-hybridized carbons (Fsp3) is 0.379. The Bertz CT molecular complexity index is 1370. The van der Waals surface area contributed by atoms with Crippen molar-refractivity contribution in [1.82, 2.24) is 15.3 Å². The van der Waals surface area contributed by atoms with Gasteiger partial charge in [0.15, 0.2) is 0 Å². The van der Waals surface area contributed by atoms with Gasteiger partial charge in [-0.3, -0.25) is 0 Å². The number of nitrogens with zero attached hydrogens (tertiary/aromatic N) is 4. The minimum atomic E-state index is -0.288. The van der Waals surface area contributed by atoms with E-state index < -0.39 is 0 Å². The molecule has 6 rings (SSSR count). The third kappa shape index (κ3) is 4.67. The van der Waals surface area contributed by atoms with E-state index in [1.807, 2.05) is 0 Å². The largest absolute Gasteiger partial charge is 0.437 e. The van der Waals surface area contributed by atoms with Crippen LogP contribution in [0.3, 0.4) is 0 Å². The van der Waals surface area contributed by atoms with E-state index >= 15 is 0 Å². The van der Waals surface area contributed by atoms with Crippen LogP contribution in [0.4, 0.5) is 15.9 Å². The molecule has 0 spiro atoms. The average molecular weight is 502 g/mol. The summed E-state index contributed by atoms with van der Waals surface area (Å²) in [6.45, 7) is 7.74. The lowest BCUT2D eigenvalue weighted by atomic mass is 9.98. The van der Waals surface area contributed by atoms with Crippen LogP contribution in [-0.2, 0) is 0 Å². The van der Waals surface area contributed by atoms with Crippen LogP contribution in [0.25, 0.3) is 33.6 Å². The Balaban J connectivity index is 1.45. The first-order chi connectivity index (χ1) is 18.0. The Kier molecular flexibility index (Phi) is 6.30. The third-order valence-electron chi connectivity index (χ3n) is 7.42. The lowest BCUT2D eigenvalue weighted by Crippen LogP contribution is -2.54. The lowest BCUT2D eigenvalue weighted by Gasteiger charge is -2.37. The van der Waals surface area contributed by atoms with E-state index in [-0.39, 0.29) is 11.9 Å². The van der Waals surface area contributed by atoms with Crippen molar-refractivity contribution in [1.29, 1.82) is 0 Å². The number of hydrogen-bond acceptors (Lipinski definition) is 7. The van der Waals surface area contributed by atoms with Crippen molar-refractivity contribution < 1.29 is 13.9 Å². The molecule has 37 heavy (non-hydrogen) atoms. The minimum absolute atomic E-state index is 0.287. The van der Waals surface area contributed by atoms with Gasteiger partial charge in [-0.1, -0.05) is 12.1 Å². The monoisotopic (exact) mass is 501 g/mol. The summed E-state index contributed by atoms with van der Waals surface area (Å²) in [5.74, 6) is 1.18. The molecule has 2 aliphatic rings. The molecule has 0 bridgehead atoms. The number of rotatable bonds is 4. The van der Waals surface area contributed by atoms with E-state index in [2.05, 4.69) is 63.2 Å². The van der Waals surface area contributed by atoms with Crippen molar-refractivity contribution in [3.05, 3.63) is 60.7 Å². The number of benzene rings is 2. The van der Waals surface area contributed by atoms with Gasteiger partial charge in [-0.25, -0.2) is 14.4 Å². The molecule has 4 heterocycles. The SMILES string of the molecule is C[C@@H]1CN(c2ccc(-c3oc4ncnc(N5CCC(O)CC5)c4c3-c3ccc(F)cc3)cc2)C[C@H](C)N1. The summed E-state index contributed by atoms with van der Waals surface area (Å²) < 4.78 is 20.3. The number of anilines is 2. The maximum Gasteiger partial charge on any atom is 0.232 e. The highest BCUT2D eigenvalue weighted by Crippen LogP contribution is 2.44. The standard InChI is InChI=1S/C29H32FN5O2/c1-18-15-35(16-19(2)33-18)23-9-5-21(6-10-23)27-25(20-3-7-22(30)8-4-20)26-28(31-17-32-29(26)37-27)34-13-11-24(36)12-14-34/h3-10,17-19,24,33,36H,11-16H2,1-2H3/t18-,19+. The molecular weight excluding hydrogens is 469 g/mol. The molecule has 0 unspecified atom stereocenters. The van der Waals surface area contributed by atoms with E-state index in [0.29, 0.717) is 49.5 Å². The molecule has 2 aliphatic heterocycles. The molecule has 8 heteroatoms. The lowest BCUT2D eigenvalue weighted by molar-refractivity contribution is 0.145. The summed E-state index contributed by atoms with van der Waals surface area (Å²) in [4.78, 5) is 13.7. The zero-order valence-corrected chi connectivity index (χ0v) is 21.2. The van der Waals surface area contributed by atoms with Crippen molar-refractivity contribution in [2.45, 2.75) is 44.9 Å². The van der Waals surface area contributed by atoms with Crippen molar-refractivity contribution in [2.24, 2.45) is 0 Å². The van der Waals surface area contributed by atoms with Gasteiger partial charge in [0, 0.05) is 55.1 Å². The van der Waals surface area contributed by atoms with Gasteiger partial charge in [0.1, 0.15) is 23.7 Å². The van der Waals surface area contributed by atoms with Gasteiger partial charge in [0.2, 0.25) is 5.71 Å². The highest BCUT2D eigenvalue weighted by molar-refractivity contribution is 6.06. The Hall–Kier alpha value is -3.49. The van der Waals surface area contributed by atoms with Crippen LogP contribution in [-0.4, -0.2) is 59.4 Å². The summed E-state index contributed by atoms with van der Waals surface area (Å²) >= 11 is 0. The number of halogens is 1. The van der Waals surface area contributed by atoms with Gasteiger partial charge in [-0.05, 0) is 68.7 Å². The number of hydrogen-bond donors (Lipinski definition) is 2. The number of aliphatic hydroxyl groups is 1. The highest BCUT2D eigenvalue weighted by atomic mass is 19.1. The van der Waals surface area contributed by atoms with Crippen molar-refractivity contribution in [3.8, 4) is 22.5 Å². The van der Waals surface area contributed by atoms with Crippen LogP contribution in [0.15, 0.2) is 59.3 Å². The topological polar surface area (TPSA) is 77.7 Å². The zero-order valence-electron chi connectivity index (χ0n) is 21.2. The van der Waals surface area contributed by atoms with Crippen LogP contribution in [0.5, 0.6) is 0 Å². The van der Waals surface area contributed by atoms with Crippen LogP contribution in [0.2, 0.25) is 0 Å². The molecule has 0 amide bonds. The molecule has 2 N–H and O–H groups in total. The molecule has 2 aromatic heterocycles. The first-order valence-electron chi connectivity index (χ1n) is 13.0. The Morgan fingerprint density at radius 1 is 0.892 bits per heavy atom. The number of piperazine rings is 1. The predicted molar refractivity (Wildman–Crippen MR) is 144 cm³/mol. The molecule has 192 valence electrons. The molecule has 0 saturated carbocycles. The molecular formula is C29H32FN5O2. The Labute approximate surface area is 215 Å².